The molecule has 0 saturated carbocycles. The lowest BCUT2D eigenvalue weighted by Crippen LogP contribution is -2.46. The van der Waals surface area contributed by atoms with Crippen LogP contribution in [0.15, 0.2) is 0 Å². The van der Waals surface area contributed by atoms with E-state index in [4.69, 9.17) is 9.84 Å². The number of ether oxygens (including phenoxy) is 1. The molecule has 0 aromatic heterocycles. The zero-order valence-electron chi connectivity index (χ0n) is 10.1. The quantitative estimate of drug-likeness (QED) is 0.601. The Morgan fingerprint density at radius 2 is 2.29 bits per heavy atom. The molecule has 2 atom stereocenters. The summed E-state index contributed by atoms with van der Waals surface area (Å²) in [5, 5.41) is 13.8. The number of carbonyl (C=O) groups is 2. The van der Waals surface area contributed by atoms with Gasteiger partial charge in [-0.3, -0.25) is 4.79 Å². The van der Waals surface area contributed by atoms with E-state index in [0.717, 1.165) is 19.4 Å². The number of aliphatic carboxylic acids is 1. The van der Waals surface area contributed by atoms with Crippen LogP contribution in [0, 0.1) is 0 Å². The molecule has 0 aliphatic carbocycles. The van der Waals surface area contributed by atoms with E-state index in [9.17, 15) is 9.59 Å². The first-order valence-electron chi connectivity index (χ1n) is 5.97. The first kappa shape index (κ1) is 13.8. The third kappa shape index (κ3) is 5.53. The molecule has 0 aromatic carbocycles. The van der Waals surface area contributed by atoms with Gasteiger partial charge in [0, 0.05) is 19.6 Å². The summed E-state index contributed by atoms with van der Waals surface area (Å²) in [6.07, 6.45) is 2.62. The van der Waals surface area contributed by atoms with E-state index >= 15 is 0 Å². The van der Waals surface area contributed by atoms with Gasteiger partial charge in [-0.05, 0) is 26.2 Å². The van der Waals surface area contributed by atoms with Crippen LogP contribution in [0.2, 0.25) is 0 Å². The highest BCUT2D eigenvalue weighted by molar-refractivity contribution is 5.74. The highest BCUT2D eigenvalue weighted by atomic mass is 16.5. The summed E-state index contributed by atoms with van der Waals surface area (Å²) in [6.45, 7) is 3.04. The molecule has 6 heteroatoms. The van der Waals surface area contributed by atoms with Gasteiger partial charge in [-0.25, -0.2) is 4.79 Å². The van der Waals surface area contributed by atoms with Crippen molar-refractivity contribution in [2.45, 2.75) is 44.8 Å². The number of rotatable bonds is 6. The average Bonchev–Trinajstić information content (AvgIpc) is 2.77. The van der Waals surface area contributed by atoms with Gasteiger partial charge in [-0.15, -0.1) is 0 Å². The molecular weight excluding hydrogens is 224 g/mol. The Labute approximate surface area is 101 Å². The largest absolute Gasteiger partial charge is 0.481 e. The zero-order valence-corrected chi connectivity index (χ0v) is 10.1. The maximum atomic E-state index is 11.4. The smallest absolute Gasteiger partial charge is 0.315 e. The molecule has 1 saturated heterocycles. The molecular formula is C11H20N2O4. The van der Waals surface area contributed by atoms with Gasteiger partial charge in [-0.1, -0.05) is 0 Å². The summed E-state index contributed by atoms with van der Waals surface area (Å²) in [5.41, 5.74) is 0. The van der Waals surface area contributed by atoms with Gasteiger partial charge in [0.25, 0.3) is 0 Å². The average molecular weight is 244 g/mol. The molecule has 1 rings (SSSR count). The second kappa shape index (κ2) is 7.11. The Balaban J connectivity index is 2.09. The monoisotopic (exact) mass is 244 g/mol. The van der Waals surface area contributed by atoms with Crippen LogP contribution < -0.4 is 10.6 Å². The Morgan fingerprint density at radius 3 is 2.88 bits per heavy atom. The van der Waals surface area contributed by atoms with Crippen LogP contribution in [0.5, 0.6) is 0 Å². The third-order valence-corrected chi connectivity index (χ3v) is 2.73. The van der Waals surface area contributed by atoms with Gasteiger partial charge >= 0.3 is 12.0 Å². The van der Waals surface area contributed by atoms with Crippen molar-refractivity contribution in [3.05, 3.63) is 0 Å². The van der Waals surface area contributed by atoms with Crippen LogP contribution >= 0.6 is 0 Å². The number of carbonyl (C=O) groups excluding carboxylic acids is 1. The minimum atomic E-state index is -0.847. The van der Waals surface area contributed by atoms with E-state index < -0.39 is 5.97 Å². The van der Waals surface area contributed by atoms with Crippen molar-refractivity contribution in [1.29, 1.82) is 0 Å². The number of urea groups is 1. The Hall–Kier alpha value is -1.30. The van der Waals surface area contributed by atoms with Crippen molar-refractivity contribution in [2.24, 2.45) is 0 Å². The zero-order chi connectivity index (χ0) is 12.7. The van der Waals surface area contributed by atoms with Crippen LogP contribution in [-0.4, -0.2) is 42.4 Å². The Bertz CT molecular complexity index is 264. The molecule has 0 bridgehead atoms. The minimum absolute atomic E-state index is 0.0167. The van der Waals surface area contributed by atoms with Crippen molar-refractivity contribution in [3.8, 4) is 0 Å². The first-order chi connectivity index (χ1) is 8.09. The predicted molar refractivity (Wildman–Crippen MR) is 61.8 cm³/mol. The summed E-state index contributed by atoms with van der Waals surface area (Å²) in [5.74, 6) is -0.847. The third-order valence-electron chi connectivity index (χ3n) is 2.73. The van der Waals surface area contributed by atoms with Gasteiger partial charge < -0.3 is 20.5 Å². The molecule has 0 radical (unpaired) electrons. The van der Waals surface area contributed by atoms with E-state index in [1.165, 1.54) is 0 Å². The fraction of sp³-hybridized carbons (Fsp3) is 0.818. The summed E-state index contributed by atoms with van der Waals surface area (Å²) in [6, 6.07) is -0.282. The van der Waals surface area contributed by atoms with Crippen LogP contribution in [0.1, 0.15) is 32.6 Å². The van der Waals surface area contributed by atoms with E-state index in [0.29, 0.717) is 13.0 Å². The van der Waals surface area contributed by atoms with Gasteiger partial charge in [0.15, 0.2) is 0 Å². The SMILES string of the molecule is CC(NC(=O)NCCCC(=O)O)C1CCCO1. The number of hydrogen-bond donors (Lipinski definition) is 3. The van der Waals surface area contributed by atoms with Gasteiger partial charge in [-0.2, -0.15) is 0 Å². The molecule has 3 N–H and O–H groups in total. The Morgan fingerprint density at radius 1 is 1.53 bits per heavy atom. The standard InChI is InChI=1S/C11H20N2O4/c1-8(9-4-3-7-17-9)13-11(16)12-6-2-5-10(14)15/h8-9H,2-7H2,1H3,(H,14,15)(H2,12,13,16). The number of amides is 2. The molecule has 6 nitrogen and oxygen atoms in total. The van der Waals surface area contributed by atoms with Crippen LogP contribution in [0.3, 0.4) is 0 Å². The second-order valence-corrected chi connectivity index (χ2v) is 4.24. The number of hydrogen-bond acceptors (Lipinski definition) is 3. The normalized spacial score (nSPS) is 20.9. The lowest BCUT2D eigenvalue weighted by atomic mass is 10.1. The number of nitrogens with one attached hydrogen (secondary N) is 2. The van der Waals surface area contributed by atoms with Gasteiger partial charge in [0.2, 0.25) is 0 Å². The molecule has 98 valence electrons. The first-order valence-corrected chi connectivity index (χ1v) is 5.97. The van der Waals surface area contributed by atoms with Crippen molar-refractivity contribution < 1.29 is 19.4 Å². The van der Waals surface area contributed by atoms with Gasteiger partial charge in [0.1, 0.15) is 0 Å². The minimum Gasteiger partial charge on any atom is -0.481 e. The molecule has 2 amide bonds. The lowest BCUT2D eigenvalue weighted by molar-refractivity contribution is -0.137. The van der Waals surface area contributed by atoms with Crippen molar-refractivity contribution in [2.75, 3.05) is 13.2 Å². The number of carboxylic acid groups (broad SMARTS) is 1. The van der Waals surface area contributed by atoms with Crippen molar-refractivity contribution >= 4 is 12.0 Å². The van der Waals surface area contributed by atoms with E-state index in [-0.39, 0.29) is 24.6 Å². The molecule has 1 heterocycles. The second-order valence-electron chi connectivity index (χ2n) is 4.24. The fourth-order valence-electron chi connectivity index (χ4n) is 1.79. The van der Waals surface area contributed by atoms with E-state index in [1.54, 1.807) is 0 Å². The summed E-state index contributed by atoms with van der Waals surface area (Å²) in [4.78, 5) is 21.7. The van der Waals surface area contributed by atoms with Crippen LogP contribution in [0.4, 0.5) is 4.79 Å². The van der Waals surface area contributed by atoms with Crippen LogP contribution in [0.25, 0.3) is 0 Å². The van der Waals surface area contributed by atoms with Crippen molar-refractivity contribution in [3.63, 3.8) is 0 Å². The lowest BCUT2D eigenvalue weighted by Gasteiger charge is -2.20. The maximum absolute atomic E-state index is 11.4. The molecule has 1 fully saturated rings. The van der Waals surface area contributed by atoms with Crippen LogP contribution in [-0.2, 0) is 9.53 Å². The highest BCUT2D eigenvalue weighted by Crippen LogP contribution is 2.15. The topological polar surface area (TPSA) is 87.7 Å². The summed E-state index contributed by atoms with van der Waals surface area (Å²) < 4.78 is 5.45. The van der Waals surface area contributed by atoms with E-state index in [2.05, 4.69) is 10.6 Å². The van der Waals surface area contributed by atoms with Crippen molar-refractivity contribution in [1.82, 2.24) is 10.6 Å². The van der Waals surface area contributed by atoms with E-state index in [1.807, 2.05) is 6.92 Å². The molecule has 1 aliphatic heterocycles. The maximum Gasteiger partial charge on any atom is 0.315 e. The molecule has 0 spiro atoms. The Kier molecular flexibility index (Phi) is 5.76. The van der Waals surface area contributed by atoms with Gasteiger partial charge in [0.05, 0.1) is 12.1 Å². The molecule has 2 unspecified atom stereocenters. The highest BCUT2D eigenvalue weighted by Gasteiger charge is 2.23. The summed E-state index contributed by atoms with van der Waals surface area (Å²) in [7, 11) is 0. The molecule has 0 aromatic rings. The summed E-state index contributed by atoms with van der Waals surface area (Å²) >= 11 is 0. The fourth-order valence-corrected chi connectivity index (χ4v) is 1.79. The molecule has 1 aliphatic rings. The number of carboxylic acids is 1. The predicted octanol–water partition coefficient (Wildman–Crippen LogP) is 0.718. The molecule has 17 heavy (non-hydrogen) atoms.